The van der Waals surface area contributed by atoms with Crippen molar-refractivity contribution in [1.29, 1.82) is 0 Å². The van der Waals surface area contributed by atoms with Gasteiger partial charge in [0.15, 0.2) is 0 Å². The van der Waals surface area contributed by atoms with Gasteiger partial charge in [0.1, 0.15) is 0 Å². The van der Waals surface area contributed by atoms with Crippen LogP contribution in [-0.2, 0) is 4.79 Å². The number of primary amides is 1. The van der Waals surface area contributed by atoms with Crippen molar-refractivity contribution < 1.29 is 4.79 Å². The van der Waals surface area contributed by atoms with Crippen LogP contribution in [0.25, 0.3) is 0 Å². The summed E-state index contributed by atoms with van der Waals surface area (Å²) in [6.45, 7) is 7.95. The maximum Gasteiger partial charge on any atom is 0.223 e. The van der Waals surface area contributed by atoms with E-state index in [9.17, 15) is 4.79 Å². The second-order valence-electron chi connectivity index (χ2n) is 5.81. The van der Waals surface area contributed by atoms with E-state index in [-0.39, 0.29) is 11.3 Å². The second kappa shape index (κ2) is 10.1. The molecule has 0 spiro atoms. The molecule has 1 amide bonds. The molecule has 0 aromatic carbocycles. The first-order chi connectivity index (χ1) is 9.71. The van der Waals surface area contributed by atoms with Crippen LogP contribution in [0.2, 0.25) is 0 Å². The van der Waals surface area contributed by atoms with Gasteiger partial charge in [-0.3, -0.25) is 4.79 Å². The Morgan fingerprint density at radius 2 is 1.50 bits per heavy atom. The van der Waals surface area contributed by atoms with Crippen molar-refractivity contribution in [3.63, 3.8) is 0 Å². The highest BCUT2D eigenvalue weighted by atomic mass is 16.1. The summed E-state index contributed by atoms with van der Waals surface area (Å²) in [7, 11) is 0. The molecule has 1 rings (SSSR count). The highest BCUT2D eigenvalue weighted by Crippen LogP contribution is 2.38. The summed E-state index contributed by atoms with van der Waals surface area (Å²) in [6, 6.07) is 0. The molecule has 1 saturated carbocycles. The van der Waals surface area contributed by atoms with Gasteiger partial charge < -0.3 is 21.7 Å². The van der Waals surface area contributed by atoms with Crippen molar-refractivity contribution in [2.24, 2.45) is 11.1 Å². The first-order valence-electron chi connectivity index (χ1n) is 8.13. The van der Waals surface area contributed by atoms with E-state index in [2.05, 4.69) is 22.9 Å². The summed E-state index contributed by atoms with van der Waals surface area (Å²) >= 11 is 0. The van der Waals surface area contributed by atoms with Crippen LogP contribution in [-0.4, -0.2) is 45.2 Å². The molecule has 118 valence electrons. The minimum atomic E-state index is -0.232. The van der Waals surface area contributed by atoms with Gasteiger partial charge in [0.2, 0.25) is 5.91 Å². The molecule has 0 aromatic heterocycles. The first-order valence-corrected chi connectivity index (χ1v) is 8.13. The van der Waals surface area contributed by atoms with E-state index in [1.165, 1.54) is 6.42 Å². The lowest BCUT2D eigenvalue weighted by Gasteiger charge is -2.34. The molecule has 5 heteroatoms. The molecule has 0 saturated heterocycles. The third kappa shape index (κ3) is 6.20. The number of carbonyl (C=O) groups excluding carboxylic acids is 1. The number of nitrogens with two attached hydrogens (primary N) is 1. The minimum absolute atomic E-state index is 0.0947. The lowest BCUT2D eigenvalue weighted by Crippen LogP contribution is -2.41. The van der Waals surface area contributed by atoms with Crippen LogP contribution < -0.4 is 21.7 Å². The van der Waals surface area contributed by atoms with Crippen LogP contribution in [0.3, 0.4) is 0 Å². The number of hydrogen-bond donors (Lipinski definition) is 4. The van der Waals surface area contributed by atoms with Crippen molar-refractivity contribution in [1.82, 2.24) is 16.0 Å². The van der Waals surface area contributed by atoms with E-state index in [4.69, 9.17) is 5.73 Å². The maximum absolute atomic E-state index is 11.7. The van der Waals surface area contributed by atoms with Gasteiger partial charge in [-0.1, -0.05) is 26.2 Å². The topological polar surface area (TPSA) is 79.2 Å². The van der Waals surface area contributed by atoms with E-state index in [1.807, 2.05) is 0 Å². The minimum Gasteiger partial charge on any atom is -0.369 e. The second-order valence-corrected chi connectivity index (χ2v) is 5.81. The fraction of sp³-hybridized carbons (Fsp3) is 0.933. The summed E-state index contributed by atoms with van der Waals surface area (Å²) in [5.41, 5.74) is 5.39. The standard InChI is InChI=1S/C15H32N4O/c1-2-17-10-11-19-13-12-18-9-8-15(14(16)20)6-4-3-5-7-15/h17-19H,2-13H2,1H3,(H2,16,20). The largest absolute Gasteiger partial charge is 0.369 e. The van der Waals surface area contributed by atoms with Gasteiger partial charge in [-0.05, 0) is 32.4 Å². The molecule has 1 aliphatic rings. The molecule has 0 aliphatic heterocycles. The van der Waals surface area contributed by atoms with Gasteiger partial charge >= 0.3 is 0 Å². The van der Waals surface area contributed by atoms with E-state index >= 15 is 0 Å². The Kier molecular flexibility index (Phi) is 8.82. The molecule has 0 aromatic rings. The Bertz CT molecular complexity index is 265. The predicted molar refractivity (Wildman–Crippen MR) is 83.6 cm³/mol. The molecular formula is C15H32N4O. The van der Waals surface area contributed by atoms with Gasteiger partial charge in [0.25, 0.3) is 0 Å². The number of hydrogen-bond acceptors (Lipinski definition) is 4. The number of nitrogens with one attached hydrogen (secondary N) is 3. The predicted octanol–water partition coefficient (Wildman–Crippen LogP) is 0.601. The van der Waals surface area contributed by atoms with Gasteiger partial charge in [0, 0.05) is 26.2 Å². The lowest BCUT2D eigenvalue weighted by molar-refractivity contribution is -0.129. The normalized spacial score (nSPS) is 18.1. The van der Waals surface area contributed by atoms with Crippen molar-refractivity contribution in [2.75, 3.05) is 39.3 Å². The van der Waals surface area contributed by atoms with Crippen molar-refractivity contribution in [3.05, 3.63) is 0 Å². The number of likely N-dealkylation sites (N-methyl/N-ethyl adjacent to an activating group) is 1. The number of amides is 1. The van der Waals surface area contributed by atoms with Gasteiger partial charge in [-0.2, -0.15) is 0 Å². The summed E-state index contributed by atoms with van der Waals surface area (Å²) in [5.74, 6) is -0.0947. The summed E-state index contributed by atoms with van der Waals surface area (Å²) in [5, 5.41) is 10.1. The van der Waals surface area contributed by atoms with Crippen LogP contribution >= 0.6 is 0 Å². The molecule has 1 aliphatic carbocycles. The summed E-state index contributed by atoms with van der Waals surface area (Å²) in [4.78, 5) is 11.7. The quantitative estimate of drug-likeness (QED) is 0.419. The molecule has 5 N–H and O–H groups in total. The molecule has 0 heterocycles. The summed E-state index contributed by atoms with van der Waals surface area (Å²) in [6.07, 6.45) is 6.39. The Morgan fingerprint density at radius 1 is 0.950 bits per heavy atom. The van der Waals surface area contributed by atoms with E-state index in [0.29, 0.717) is 0 Å². The fourth-order valence-corrected chi connectivity index (χ4v) is 2.96. The van der Waals surface area contributed by atoms with Crippen LogP contribution in [0.15, 0.2) is 0 Å². The molecule has 0 radical (unpaired) electrons. The monoisotopic (exact) mass is 284 g/mol. The van der Waals surface area contributed by atoms with Crippen LogP contribution in [0.4, 0.5) is 0 Å². The van der Waals surface area contributed by atoms with Crippen LogP contribution in [0, 0.1) is 5.41 Å². The highest BCUT2D eigenvalue weighted by molar-refractivity contribution is 5.80. The molecular weight excluding hydrogens is 252 g/mol. The average molecular weight is 284 g/mol. The maximum atomic E-state index is 11.7. The van der Waals surface area contributed by atoms with Gasteiger partial charge in [0.05, 0.1) is 5.41 Å². The number of rotatable bonds is 11. The number of carbonyl (C=O) groups is 1. The molecule has 5 nitrogen and oxygen atoms in total. The fourth-order valence-electron chi connectivity index (χ4n) is 2.96. The summed E-state index contributed by atoms with van der Waals surface area (Å²) < 4.78 is 0. The van der Waals surface area contributed by atoms with E-state index in [0.717, 1.165) is 71.4 Å². The molecule has 1 fully saturated rings. The molecule has 20 heavy (non-hydrogen) atoms. The van der Waals surface area contributed by atoms with Crippen molar-refractivity contribution in [2.45, 2.75) is 45.4 Å². The lowest BCUT2D eigenvalue weighted by atomic mass is 9.71. The zero-order valence-corrected chi connectivity index (χ0v) is 13.0. The zero-order chi connectivity index (χ0) is 14.7. The molecule has 0 unspecified atom stereocenters. The Labute approximate surface area is 123 Å². The Morgan fingerprint density at radius 3 is 2.05 bits per heavy atom. The first kappa shape index (κ1) is 17.4. The van der Waals surface area contributed by atoms with Crippen LogP contribution in [0.5, 0.6) is 0 Å². The highest BCUT2D eigenvalue weighted by Gasteiger charge is 2.36. The average Bonchev–Trinajstić information content (AvgIpc) is 2.46. The smallest absolute Gasteiger partial charge is 0.223 e. The van der Waals surface area contributed by atoms with Crippen LogP contribution in [0.1, 0.15) is 45.4 Å². The molecule has 0 atom stereocenters. The van der Waals surface area contributed by atoms with Gasteiger partial charge in [-0.25, -0.2) is 0 Å². The molecule has 0 bridgehead atoms. The SMILES string of the molecule is CCNCCNCCNCCC1(C(N)=O)CCCCC1. The van der Waals surface area contributed by atoms with Crippen molar-refractivity contribution >= 4 is 5.91 Å². The van der Waals surface area contributed by atoms with Gasteiger partial charge in [-0.15, -0.1) is 0 Å². The third-order valence-electron chi connectivity index (χ3n) is 4.32. The zero-order valence-electron chi connectivity index (χ0n) is 13.0. The third-order valence-corrected chi connectivity index (χ3v) is 4.32. The van der Waals surface area contributed by atoms with E-state index in [1.54, 1.807) is 0 Å². The Hall–Kier alpha value is -0.650. The van der Waals surface area contributed by atoms with E-state index < -0.39 is 0 Å². The Balaban J connectivity index is 2.05. The van der Waals surface area contributed by atoms with Crippen molar-refractivity contribution in [3.8, 4) is 0 Å².